The Morgan fingerprint density at radius 1 is 0.861 bits per heavy atom. The van der Waals surface area contributed by atoms with Crippen LogP contribution in [0.15, 0.2) is 60.7 Å². The van der Waals surface area contributed by atoms with E-state index in [9.17, 15) is 20.4 Å². The lowest BCUT2D eigenvalue weighted by Gasteiger charge is -2.25. The number of hydrogen-bond donors (Lipinski definition) is 6. The molecule has 0 aliphatic carbocycles. The summed E-state index contributed by atoms with van der Waals surface area (Å²) in [5.41, 5.74) is 5.17. The average Bonchev–Trinajstić information content (AvgIpc) is 2.91. The van der Waals surface area contributed by atoms with Gasteiger partial charge in [0.2, 0.25) is 11.8 Å². The number of nitrogens with zero attached hydrogens (tertiary/aromatic N) is 1. The van der Waals surface area contributed by atoms with Gasteiger partial charge in [-0.2, -0.15) is 4.98 Å². The van der Waals surface area contributed by atoms with E-state index in [2.05, 4.69) is 35.4 Å². The van der Waals surface area contributed by atoms with Crippen molar-refractivity contribution in [1.29, 1.82) is 0 Å². The van der Waals surface area contributed by atoms with Gasteiger partial charge in [0.15, 0.2) is 0 Å². The molecule has 1 heterocycles. The monoisotopic (exact) mass is 498 g/mol. The summed E-state index contributed by atoms with van der Waals surface area (Å²) >= 11 is 0. The molecule has 0 bridgehead atoms. The van der Waals surface area contributed by atoms with Crippen molar-refractivity contribution in [2.75, 3.05) is 20.3 Å². The van der Waals surface area contributed by atoms with Crippen LogP contribution in [-0.4, -0.2) is 75.2 Å². The third-order valence-electron chi connectivity index (χ3n) is 6.01. The Balaban J connectivity index is 1.59. The number of aliphatic hydroxyl groups is 5. The molecule has 9 heteroatoms. The molecular weight excluding hydrogens is 464 g/mol. The fourth-order valence-electron chi connectivity index (χ4n) is 3.80. The predicted octanol–water partition coefficient (Wildman–Crippen LogP) is 1.17. The molecule has 2 aromatic carbocycles. The van der Waals surface area contributed by atoms with Gasteiger partial charge in [0.1, 0.15) is 24.9 Å². The Labute approximate surface area is 210 Å². The molecule has 9 nitrogen and oxygen atoms in total. The molecule has 0 saturated heterocycles. The van der Waals surface area contributed by atoms with Crippen molar-refractivity contribution < 1.29 is 35.0 Å². The lowest BCUT2D eigenvalue weighted by atomic mass is 9.97. The second kappa shape index (κ2) is 13.3. The molecule has 6 N–H and O–H groups in total. The molecule has 194 valence electrons. The minimum absolute atomic E-state index is 0.0746. The lowest BCUT2D eigenvalue weighted by Crippen LogP contribution is -2.48. The van der Waals surface area contributed by atoms with Crippen LogP contribution < -0.4 is 14.8 Å². The van der Waals surface area contributed by atoms with Crippen LogP contribution in [0.5, 0.6) is 11.8 Å². The van der Waals surface area contributed by atoms with Crippen molar-refractivity contribution in [3.8, 4) is 22.9 Å². The van der Waals surface area contributed by atoms with Crippen LogP contribution in [-0.2, 0) is 13.2 Å². The second-order valence-electron chi connectivity index (χ2n) is 8.49. The second-order valence-corrected chi connectivity index (χ2v) is 8.49. The number of nitrogens with one attached hydrogen (secondary N) is 1. The molecule has 0 unspecified atom stereocenters. The van der Waals surface area contributed by atoms with Gasteiger partial charge in [-0.05, 0) is 35.2 Å². The topological polar surface area (TPSA) is 145 Å². The number of aromatic nitrogens is 1. The molecule has 1 aromatic heterocycles. The zero-order chi connectivity index (χ0) is 26.1. The van der Waals surface area contributed by atoms with Crippen LogP contribution >= 0.6 is 0 Å². The lowest BCUT2D eigenvalue weighted by molar-refractivity contribution is -0.114. The van der Waals surface area contributed by atoms with Crippen LogP contribution in [0.1, 0.15) is 16.7 Å². The van der Waals surface area contributed by atoms with Crippen molar-refractivity contribution in [3.63, 3.8) is 0 Å². The van der Waals surface area contributed by atoms with Crippen molar-refractivity contribution in [2.24, 2.45) is 0 Å². The number of hydrogen-bond acceptors (Lipinski definition) is 9. The van der Waals surface area contributed by atoms with E-state index in [0.29, 0.717) is 23.9 Å². The molecule has 0 fully saturated rings. The zero-order valence-electron chi connectivity index (χ0n) is 20.4. The normalized spacial score (nSPS) is 14.6. The van der Waals surface area contributed by atoms with Gasteiger partial charge in [-0.25, -0.2) is 0 Å². The summed E-state index contributed by atoms with van der Waals surface area (Å²) < 4.78 is 11.3. The molecule has 0 radical (unpaired) electrons. The molecule has 0 aliphatic rings. The molecule has 4 atom stereocenters. The van der Waals surface area contributed by atoms with E-state index in [4.69, 9.17) is 14.6 Å². The Bertz CT molecular complexity index is 1100. The number of ether oxygens (including phenoxy) is 2. The van der Waals surface area contributed by atoms with Crippen molar-refractivity contribution in [2.45, 2.75) is 44.5 Å². The fraction of sp³-hybridized carbons (Fsp3) is 0.370. The Morgan fingerprint density at radius 2 is 1.58 bits per heavy atom. The highest BCUT2D eigenvalue weighted by Gasteiger charge is 2.29. The van der Waals surface area contributed by atoms with Crippen LogP contribution in [0.2, 0.25) is 0 Å². The van der Waals surface area contributed by atoms with E-state index in [0.717, 1.165) is 22.3 Å². The smallest absolute Gasteiger partial charge is 0.220 e. The Morgan fingerprint density at radius 3 is 2.28 bits per heavy atom. The number of pyridine rings is 1. The van der Waals surface area contributed by atoms with E-state index in [1.54, 1.807) is 12.1 Å². The average molecular weight is 499 g/mol. The summed E-state index contributed by atoms with van der Waals surface area (Å²) in [6.07, 6.45) is -6.20. The van der Waals surface area contributed by atoms with Gasteiger partial charge in [0, 0.05) is 24.7 Å². The maximum atomic E-state index is 10.0. The summed E-state index contributed by atoms with van der Waals surface area (Å²) in [4.78, 5) is 4.41. The van der Waals surface area contributed by atoms with E-state index in [-0.39, 0.29) is 13.1 Å². The summed E-state index contributed by atoms with van der Waals surface area (Å²) in [6.45, 7) is 1.87. The number of benzene rings is 2. The van der Waals surface area contributed by atoms with Gasteiger partial charge in [-0.3, -0.25) is 0 Å². The zero-order valence-corrected chi connectivity index (χ0v) is 20.4. The Hall–Kier alpha value is -3.05. The highest BCUT2D eigenvalue weighted by atomic mass is 16.5. The van der Waals surface area contributed by atoms with Crippen molar-refractivity contribution >= 4 is 0 Å². The minimum Gasteiger partial charge on any atom is -0.481 e. The maximum absolute atomic E-state index is 10.0. The molecule has 0 amide bonds. The first-order valence-electron chi connectivity index (χ1n) is 11.7. The quantitative estimate of drug-likeness (QED) is 0.205. The molecular formula is C27H34N2O7. The largest absolute Gasteiger partial charge is 0.481 e. The van der Waals surface area contributed by atoms with Crippen LogP contribution in [0, 0.1) is 6.92 Å². The van der Waals surface area contributed by atoms with Gasteiger partial charge in [0.05, 0.1) is 19.8 Å². The van der Waals surface area contributed by atoms with Crippen molar-refractivity contribution in [3.05, 3.63) is 77.4 Å². The highest BCUT2D eigenvalue weighted by molar-refractivity contribution is 5.68. The molecule has 0 saturated carbocycles. The standard InChI is InChI=1S/C27H34N2O7/c1-17-20(9-6-10-21(17)18-7-4-3-5-8-18)16-36-24-12-11-19(27(29-24)35-2)13-28-14-22(31)25(33)26(34)23(32)15-30/h3-12,22-23,25-26,28,30-34H,13-16H2,1-2H3/t22-,23+,25+,26+/m0/s1. The molecule has 0 aliphatic heterocycles. The Kier molecular flexibility index (Phi) is 10.2. The van der Waals surface area contributed by atoms with Gasteiger partial charge >= 0.3 is 0 Å². The predicted molar refractivity (Wildman–Crippen MR) is 135 cm³/mol. The third-order valence-corrected chi connectivity index (χ3v) is 6.01. The number of methoxy groups -OCH3 is 1. The van der Waals surface area contributed by atoms with E-state index in [1.807, 2.05) is 30.3 Å². The molecule has 0 spiro atoms. The van der Waals surface area contributed by atoms with Crippen molar-refractivity contribution in [1.82, 2.24) is 10.3 Å². The summed E-state index contributed by atoms with van der Waals surface area (Å²) in [6, 6.07) is 19.8. The highest BCUT2D eigenvalue weighted by Crippen LogP contribution is 2.27. The number of aliphatic hydroxyl groups excluding tert-OH is 5. The first-order chi connectivity index (χ1) is 17.3. The van der Waals surface area contributed by atoms with Gasteiger partial charge in [0.25, 0.3) is 0 Å². The van der Waals surface area contributed by atoms with E-state index < -0.39 is 31.0 Å². The summed E-state index contributed by atoms with van der Waals surface area (Å²) in [5, 5.41) is 50.9. The van der Waals surface area contributed by atoms with Crippen LogP contribution in [0.4, 0.5) is 0 Å². The summed E-state index contributed by atoms with van der Waals surface area (Å²) in [5.74, 6) is 0.747. The van der Waals surface area contributed by atoms with E-state index in [1.165, 1.54) is 7.11 Å². The van der Waals surface area contributed by atoms with Gasteiger partial charge < -0.3 is 40.3 Å². The first kappa shape index (κ1) is 27.5. The molecule has 3 rings (SSSR count). The van der Waals surface area contributed by atoms with Crippen LogP contribution in [0.3, 0.4) is 0 Å². The number of rotatable bonds is 13. The third kappa shape index (κ3) is 7.01. The maximum Gasteiger partial charge on any atom is 0.220 e. The van der Waals surface area contributed by atoms with Gasteiger partial charge in [-0.1, -0.05) is 48.5 Å². The molecule has 36 heavy (non-hydrogen) atoms. The van der Waals surface area contributed by atoms with E-state index >= 15 is 0 Å². The first-order valence-corrected chi connectivity index (χ1v) is 11.7. The van der Waals surface area contributed by atoms with Gasteiger partial charge in [-0.15, -0.1) is 0 Å². The molecule has 3 aromatic rings. The summed E-state index contributed by atoms with van der Waals surface area (Å²) in [7, 11) is 1.49. The fourth-order valence-corrected chi connectivity index (χ4v) is 3.80. The van der Waals surface area contributed by atoms with Crippen LogP contribution in [0.25, 0.3) is 11.1 Å². The minimum atomic E-state index is -1.67. The SMILES string of the molecule is COc1nc(OCc2cccc(-c3ccccc3)c2C)ccc1CNC[C@H](O)[C@@H](O)[C@H](O)[C@H](O)CO.